The summed E-state index contributed by atoms with van der Waals surface area (Å²) in [6.07, 6.45) is -3.18. The van der Waals surface area contributed by atoms with Crippen LogP contribution in [0.4, 0.5) is 0 Å². The Kier molecular flexibility index (Phi) is 11.6. The molecular formula is C39H48O7Si. The van der Waals surface area contributed by atoms with Crippen LogP contribution in [0.5, 0.6) is 11.5 Å². The fraction of sp³-hybridized carbons (Fsp3) is 0.385. The molecule has 250 valence electrons. The van der Waals surface area contributed by atoms with Crippen LogP contribution in [0, 0.1) is 0 Å². The molecule has 1 N–H and O–H groups in total. The van der Waals surface area contributed by atoms with Crippen molar-refractivity contribution in [1.82, 2.24) is 0 Å². The lowest BCUT2D eigenvalue weighted by Crippen LogP contribution is -2.68. The molecule has 1 aliphatic heterocycles. The van der Waals surface area contributed by atoms with Crippen LogP contribution in [0.1, 0.15) is 38.8 Å². The van der Waals surface area contributed by atoms with Gasteiger partial charge in [0.15, 0.2) is 0 Å². The summed E-state index contributed by atoms with van der Waals surface area (Å²) in [4.78, 5) is 0. The van der Waals surface area contributed by atoms with Gasteiger partial charge in [-0.3, -0.25) is 0 Å². The van der Waals surface area contributed by atoms with Crippen LogP contribution in [0.3, 0.4) is 0 Å². The van der Waals surface area contributed by atoms with Gasteiger partial charge in [0.2, 0.25) is 0 Å². The summed E-state index contributed by atoms with van der Waals surface area (Å²) in [6, 6.07) is 36.5. The molecule has 47 heavy (non-hydrogen) atoms. The third kappa shape index (κ3) is 7.97. The molecule has 0 amide bonds. The zero-order chi connectivity index (χ0) is 33.4. The molecule has 4 aromatic carbocycles. The molecule has 0 radical (unpaired) electrons. The molecule has 0 aliphatic carbocycles. The van der Waals surface area contributed by atoms with E-state index in [9.17, 15) is 5.11 Å². The second-order valence-corrected chi connectivity index (χ2v) is 17.4. The minimum atomic E-state index is -2.86. The fourth-order valence-corrected chi connectivity index (χ4v) is 11.0. The van der Waals surface area contributed by atoms with E-state index in [2.05, 4.69) is 69.3 Å². The van der Waals surface area contributed by atoms with Crippen molar-refractivity contribution in [2.24, 2.45) is 0 Å². The maximum atomic E-state index is 12.0. The summed E-state index contributed by atoms with van der Waals surface area (Å²) < 4.78 is 37.3. The largest absolute Gasteiger partial charge is 0.497 e. The van der Waals surface area contributed by atoms with E-state index in [1.54, 1.807) is 14.2 Å². The number of rotatable bonds is 13. The van der Waals surface area contributed by atoms with Crippen molar-refractivity contribution in [1.29, 1.82) is 0 Å². The minimum absolute atomic E-state index is 0.201. The quantitative estimate of drug-likeness (QED) is 0.180. The molecule has 0 bridgehead atoms. The van der Waals surface area contributed by atoms with E-state index >= 15 is 0 Å². The van der Waals surface area contributed by atoms with Crippen LogP contribution in [0.25, 0.3) is 0 Å². The lowest BCUT2D eigenvalue weighted by atomic mass is 9.95. The molecule has 1 fully saturated rings. The third-order valence-electron chi connectivity index (χ3n) is 8.98. The van der Waals surface area contributed by atoms with Crippen LogP contribution in [0.2, 0.25) is 5.04 Å². The van der Waals surface area contributed by atoms with E-state index in [4.69, 9.17) is 28.1 Å². The Balaban J connectivity index is 1.41. The van der Waals surface area contributed by atoms with Gasteiger partial charge in [-0.2, -0.15) is 0 Å². The van der Waals surface area contributed by atoms with Gasteiger partial charge in [-0.15, -0.1) is 0 Å². The summed E-state index contributed by atoms with van der Waals surface area (Å²) in [5, 5.41) is 14.1. The second-order valence-electron chi connectivity index (χ2n) is 13.1. The molecular weight excluding hydrogens is 609 g/mol. The van der Waals surface area contributed by atoms with Crippen molar-refractivity contribution in [2.45, 2.75) is 76.5 Å². The lowest BCUT2D eigenvalue weighted by Gasteiger charge is -2.47. The first-order chi connectivity index (χ1) is 22.7. The Hall–Kier alpha value is -3.50. The van der Waals surface area contributed by atoms with Gasteiger partial charge in [-0.1, -0.05) is 106 Å². The fourth-order valence-electron chi connectivity index (χ4n) is 6.47. The van der Waals surface area contributed by atoms with E-state index in [-0.39, 0.29) is 17.7 Å². The van der Waals surface area contributed by atoms with E-state index in [0.29, 0.717) is 13.2 Å². The van der Waals surface area contributed by atoms with Crippen LogP contribution in [0.15, 0.2) is 109 Å². The molecule has 0 aromatic heterocycles. The summed E-state index contributed by atoms with van der Waals surface area (Å²) in [5.41, 5.74) is 1.95. The molecule has 0 spiro atoms. The van der Waals surface area contributed by atoms with Gasteiger partial charge in [0, 0.05) is 0 Å². The number of hydrogen-bond donors (Lipinski definition) is 1. The highest BCUT2D eigenvalue weighted by Crippen LogP contribution is 2.38. The van der Waals surface area contributed by atoms with Crippen LogP contribution in [-0.2, 0) is 31.9 Å². The molecule has 1 aliphatic rings. The van der Waals surface area contributed by atoms with E-state index < -0.39 is 32.7 Å². The summed E-state index contributed by atoms with van der Waals surface area (Å²) in [5.74, 6) is 1.55. The van der Waals surface area contributed by atoms with Gasteiger partial charge in [-0.25, -0.2) is 0 Å². The average Bonchev–Trinajstić information content (AvgIpc) is 3.09. The highest BCUT2D eigenvalue weighted by atomic mass is 28.4. The predicted molar refractivity (Wildman–Crippen MR) is 187 cm³/mol. The molecule has 7 nitrogen and oxygen atoms in total. The Morgan fingerprint density at radius 1 is 0.660 bits per heavy atom. The average molecular weight is 657 g/mol. The molecule has 5 atom stereocenters. The number of aliphatic hydroxyl groups is 1. The standard InChI is InChI=1S/C39H48O7Si/c1-28-37(43-25-29-17-21-31(41-5)22-18-29)38(44-26-30-19-23-32(42-6)24-20-30)36(40)35(46-28)27-45-47(39(2,3)4,33-13-9-7-10-14-33)34-15-11-8-12-16-34/h7-24,28,35-38,40H,25-27H2,1-6H3/t28-,35?,36-,37?,38-/m0/s1. The zero-order valence-corrected chi connectivity index (χ0v) is 29.3. The third-order valence-corrected chi connectivity index (χ3v) is 14.0. The van der Waals surface area contributed by atoms with Gasteiger partial charge >= 0.3 is 0 Å². The first kappa shape index (κ1) is 34.8. The lowest BCUT2D eigenvalue weighted by molar-refractivity contribution is -0.252. The van der Waals surface area contributed by atoms with Crippen LogP contribution in [-0.4, -0.2) is 64.8 Å². The number of aliphatic hydroxyl groups excluding tert-OH is 1. The first-order valence-corrected chi connectivity index (χ1v) is 18.1. The monoisotopic (exact) mass is 656 g/mol. The number of ether oxygens (including phenoxy) is 5. The van der Waals surface area contributed by atoms with Crippen molar-refractivity contribution in [3.05, 3.63) is 120 Å². The van der Waals surface area contributed by atoms with Crippen molar-refractivity contribution < 1.29 is 33.2 Å². The van der Waals surface area contributed by atoms with Crippen molar-refractivity contribution >= 4 is 18.7 Å². The van der Waals surface area contributed by atoms with Gasteiger partial charge in [0.25, 0.3) is 8.32 Å². The van der Waals surface area contributed by atoms with Gasteiger partial charge in [0.1, 0.15) is 35.9 Å². The maximum Gasteiger partial charge on any atom is 0.261 e. The molecule has 4 aromatic rings. The van der Waals surface area contributed by atoms with E-state index in [1.165, 1.54) is 10.4 Å². The number of methoxy groups -OCH3 is 2. The summed E-state index contributed by atoms with van der Waals surface area (Å²) >= 11 is 0. The number of benzene rings is 4. The smallest absolute Gasteiger partial charge is 0.261 e. The maximum absolute atomic E-state index is 12.0. The Morgan fingerprint density at radius 2 is 1.11 bits per heavy atom. The highest BCUT2D eigenvalue weighted by molar-refractivity contribution is 6.99. The van der Waals surface area contributed by atoms with E-state index in [0.717, 1.165) is 22.6 Å². The van der Waals surface area contributed by atoms with Gasteiger partial charge in [0.05, 0.1) is 40.1 Å². The predicted octanol–water partition coefficient (Wildman–Crippen LogP) is 5.90. The summed E-state index contributed by atoms with van der Waals surface area (Å²) in [7, 11) is 0.433. The van der Waals surface area contributed by atoms with Crippen molar-refractivity contribution in [3.8, 4) is 11.5 Å². The minimum Gasteiger partial charge on any atom is -0.497 e. The topological polar surface area (TPSA) is 75.6 Å². The Morgan fingerprint density at radius 3 is 1.53 bits per heavy atom. The molecule has 5 rings (SSSR count). The Labute approximate surface area is 280 Å². The van der Waals surface area contributed by atoms with Crippen LogP contribution >= 0.6 is 0 Å². The van der Waals surface area contributed by atoms with E-state index in [1.807, 2.05) is 67.6 Å². The highest BCUT2D eigenvalue weighted by Gasteiger charge is 2.52. The van der Waals surface area contributed by atoms with Crippen molar-refractivity contribution in [3.63, 3.8) is 0 Å². The molecule has 1 saturated heterocycles. The summed E-state index contributed by atoms with van der Waals surface area (Å²) in [6.45, 7) is 9.53. The SMILES string of the molecule is COc1ccc(COC2[C@H](C)OC(CO[Si](c3ccccc3)(c3ccccc3)C(C)(C)C)[C@H](O)[C@@H]2OCc2ccc(OC)cc2)cc1. The van der Waals surface area contributed by atoms with Gasteiger partial charge < -0.3 is 33.2 Å². The van der Waals surface area contributed by atoms with Crippen LogP contribution < -0.4 is 19.8 Å². The molecule has 2 unspecified atom stereocenters. The Bertz CT molecular complexity index is 1470. The normalized spacial score (nSPS) is 21.7. The molecule has 0 saturated carbocycles. The molecule has 1 heterocycles. The van der Waals surface area contributed by atoms with Gasteiger partial charge in [-0.05, 0) is 57.7 Å². The molecule has 8 heteroatoms. The number of hydrogen-bond acceptors (Lipinski definition) is 7. The zero-order valence-electron chi connectivity index (χ0n) is 28.3. The van der Waals surface area contributed by atoms with Crippen molar-refractivity contribution in [2.75, 3.05) is 20.8 Å². The first-order valence-electron chi connectivity index (χ1n) is 16.2. The second kappa shape index (κ2) is 15.6.